The second kappa shape index (κ2) is 15.2. The molecule has 7 nitrogen and oxygen atoms in total. The van der Waals surface area contributed by atoms with Crippen LogP contribution in [-0.4, -0.2) is 43.8 Å². The standard InChI is InChI=1S/C37H40FN3O4S/c1-28-14-13-20-32(24-28)41(46(44,45)33-21-9-4-10-22-33)27-36(42)40(26-30-17-11-12-23-34(30)38)35(25-29-15-5-2-6-16-29)37(43)39-31-18-7-3-8-19-31/h2,4-6,9-17,20-24,31,35H,3,7-8,18-19,25-27H2,1H3,(H,39,43)/t35-/m1/s1. The Bertz CT molecular complexity index is 1730. The van der Waals surface area contributed by atoms with Crippen LogP contribution in [0.1, 0.15) is 48.8 Å². The quantitative estimate of drug-likeness (QED) is 0.194. The second-order valence-corrected chi connectivity index (χ2v) is 13.7. The fraction of sp³-hybridized carbons (Fsp3) is 0.297. The third-order valence-electron chi connectivity index (χ3n) is 8.42. The van der Waals surface area contributed by atoms with Gasteiger partial charge in [-0.15, -0.1) is 0 Å². The number of hydrogen-bond donors (Lipinski definition) is 1. The molecule has 1 fully saturated rings. The van der Waals surface area contributed by atoms with E-state index in [-0.39, 0.29) is 35.4 Å². The first-order valence-electron chi connectivity index (χ1n) is 15.7. The van der Waals surface area contributed by atoms with Gasteiger partial charge in [0.1, 0.15) is 18.4 Å². The molecule has 0 aromatic heterocycles. The van der Waals surface area contributed by atoms with Crippen molar-refractivity contribution in [1.82, 2.24) is 10.2 Å². The van der Waals surface area contributed by atoms with Gasteiger partial charge in [-0.3, -0.25) is 13.9 Å². The van der Waals surface area contributed by atoms with Gasteiger partial charge in [-0.1, -0.05) is 98.1 Å². The third-order valence-corrected chi connectivity index (χ3v) is 10.2. The van der Waals surface area contributed by atoms with Crippen molar-refractivity contribution in [3.63, 3.8) is 0 Å². The van der Waals surface area contributed by atoms with Crippen molar-refractivity contribution >= 4 is 27.5 Å². The molecule has 0 bridgehead atoms. The van der Waals surface area contributed by atoms with Crippen molar-refractivity contribution in [1.29, 1.82) is 0 Å². The number of hydrogen-bond acceptors (Lipinski definition) is 4. The van der Waals surface area contributed by atoms with Crippen LogP contribution in [0.3, 0.4) is 0 Å². The third kappa shape index (κ3) is 8.20. The van der Waals surface area contributed by atoms with Crippen LogP contribution in [0.2, 0.25) is 0 Å². The molecule has 1 atom stereocenters. The minimum atomic E-state index is -4.20. The Labute approximate surface area is 271 Å². The predicted molar refractivity (Wildman–Crippen MR) is 178 cm³/mol. The van der Waals surface area contributed by atoms with Crippen LogP contribution >= 0.6 is 0 Å². The summed E-state index contributed by atoms with van der Waals surface area (Å²) < 4.78 is 44.4. The van der Waals surface area contributed by atoms with E-state index in [1.165, 1.54) is 23.1 Å². The molecule has 2 amide bonds. The Morgan fingerprint density at radius 1 is 0.848 bits per heavy atom. The zero-order chi connectivity index (χ0) is 32.5. The van der Waals surface area contributed by atoms with Crippen LogP contribution in [0.15, 0.2) is 114 Å². The summed E-state index contributed by atoms with van der Waals surface area (Å²) in [4.78, 5) is 30.0. The number of amides is 2. The Kier molecular flexibility index (Phi) is 10.9. The fourth-order valence-corrected chi connectivity index (χ4v) is 7.37. The molecule has 1 aliphatic carbocycles. The Morgan fingerprint density at radius 2 is 1.50 bits per heavy atom. The van der Waals surface area contributed by atoms with Gasteiger partial charge in [0.05, 0.1) is 10.6 Å². The maximum absolute atomic E-state index is 15.1. The molecule has 1 aliphatic rings. The molecule has 0 heterocycles. The average Bonchev–Trinajstić information content (AvgIpc) is 3.07. The largest absolute Gasteiger partial charge is 0.352 e. The van der Waals surface area contributed by atoms with Gasteiger partial charge in [0.25, 0.3) is 10.0 Å². The molecule has 0 aliphatic heterocycles. The summed E-state index contributed by atoms with van der Waals surface area (Å²) in [6, 6.07) is 29.3. The molecule has 1 N–H and O–H groups in total. The number of halogens is 1. The number of aryl methyl sites for hydroxylation is 1. The minimum Gasteiger partial charge on any atom is -0.352 e. The fourth-order valence-electron chi connectivity index (χ4n) is 5.94. The molecule has 1 saturated carbocycles. The SMILES string of the molecule is Cc1cccc(N(CC(=O)N(Cc2ccccc2F)[C@H](Cc2ccccc2)C(=O)NC2CCCCC2)S(=O)(=O)c2ccccc2)c1. The summed E-state index contributed by atoms with van der Waals surface area (Å²) in [5.41, 5.74) is 2.18. The molecule has 0 saturated heterocycles. The first-order valence-corrected chi connectivity index (χ1v) is 17.2. The number of carbonyl (C=O) groups is 2. The molecule has 4 aromatic rings. The van der Waals surface area contributed by atoms with E-state index in [9.17, 15) is 18.0 Å². The van der Waals surface area contributed by atoms with E-state index >= 15 is 4.39 Å². The molecule has 46 heavy (non-hydrogen) atoms. The van der Waals surface area contributed by atoms with E-state index < -0.39 is 34.3 Å². The number of rotatable bonds is 12. The predicted octanol–water partition coefficient (Wildman–Crippen LogP) is 6.42. The monoisotopic (exact) mass is 641 g/mol. The summed E-state index contributed by atoms with van der Waals surface area (Å²) in [7, 11) is -4.20. The van der Waals surface area contributed by atoms with Crippen LogP contribution < -0.4 is 9.62 Å². The second-order valence-electron chi connectivity index (χ2n) is 11.8. The summed E-state index contributed by atoms with van der Waals surface area (Å²) in [5, 5.41) is 3.17. The minimum absolute atomic E-state index is 0.0211. The topological polar surface area (TPSA) is 86.8 Å². The van der Waals surface area contributed by atoms with Gasteiger partial charge in [0, 0.05) is 24.6 Å². The van der Waals surface area contributed by atoms with Gasteiger partial charge >= 0.3 is 0 Å². The number of anilines is 1. The zero-order valence-electron chi connectivity index (χ0n) is 26.0. The molecule has 240 valence electrons. The lowest BCUT2D eigenvalue weighted by atomic mass is 9.94. The molecule has 5 rings (SSSR count). The summed E-state index contributed by atoms with van der Waals surface area (Å²) >= 11 is 0. The lowest BCUT2D eigenvalue weighted by Gasteiger charge is -2.35. The molecular weight excluding hydrogens is 601 g/mol. The van der Waals surface area contributed by atoms with E-state index in [1.807, 2.05) is 43.3 Å². The van der Waals surface area contributed by atoms with Gasteiger partial charge in [0.2, 0.25) is 11.8 Å². The summed E-state index contributed by atoms with van der Waals surface area (Å²) in [6.45, 7) is 1.04. The molecular formula is C37H40FN3O4S. The number of carbonyl (C=O) groups excluding carboxylic acids is 2. The highest BCUT2D eigenvalue weighted by molar-refractivity contribution is 7.92. The van der Waals surface area contributed by atoms with Crippen molar-refractivity contribution in [2.24, 2.45) is 0 Å². The van der Waals surface area contributed by atoms with Crippen LogP contribution in [0.5, 0.6) is 0 Å². The number of benzene rings is 4. The lowest BCUT2D eigenvalue weighted by molar-refractivity contribution is -0.140. The highest BCUT2D eigenvalue weighted by Gasteiger charge is 2.35. The van der Waals surface area contributed by atoms with E-state index in [2.05, 4.69) is 5.32 Å². The van der Waals surface area contributed by atoms with E-state index in [1.54, 1.807) is 54.6 Å². The van der Waals surface area contributed by atoms with Crippen LogP contribution in [0.25, 0.3) is 0 Å². The highest BCUT2D eigenvalue weighted by atomic mass is 32.2. The van der Waals surface area contributed by atoms with Crippen LogP contribution in [0, 0.1) is 12.7 Å². The van der Waals surface area contributed by atoms with Gasteiger partial charge < -0.3 is 10.2 Å². The molecule has 0 spiro atoms. The maximum atomic E-state index is 15.1. The Morgan fingerprint density at radius 3 is 2.17 bits per heavy atom. The first kappa shape index (κ1) is 32.9. The molecule has 0 unspecified atom stereocenters. The van der Waals surface area contributed by atoms with Crippen LogP contribution in [-0.2, 0) is 32.6 Å². The zero-order valence-corrected chi connectivity index (χ0v) is 26.8. The first-order chi connectivity index (χ1) is 22.2. The van der Waals surface area contributed by atoms with Gasteiger partial charge in [0.15, 0.2) is 0 Å². The molecule has 0 radical (unpaired) electrons. The number of nitrogens with one attached hydrogen (secondary N) is 1. The maximum Gasteiger partial charge on any atom is 0.264 e. The number of sulfonamides is 1. The Balaban J connectivity index is 1.56. The number of nitrogens with zero attached hydrogens (tertiary/aromatic N) is 2. The van der Waals surface area contributed by atoms with Gasteiger partial charge in [-0.25, -0.2) is 12.8 Å². The van der Waals surface area contributed by atoms with Gasteiger partial charge in [-0.05, 0) is 61.2 Å². The molecule has 9 heteroatoms. The van der Waals surface area contributed by atoms with Crippen molar-refractivity contribution < 1.29 is 22.4 Å². The molecule has 4 aromatic carbocycles. The van der Waals surface area contributed by atoms with E-state index in [0.717, 1.165) is 47.5 Å². The average molecular weight is 642 g/mol. The smallest absolute Gasteiger partial charge is 0.264 e. The summed E-state index contributed by atoms with van der Waals surface area (Å²) in [6.07, 6.45) is 5.00. The summed E-state index contributed by atoms with van der Waals surface area (Å²) in [5.74, 6) is -1.48. The van der Waals surface area contributed by atoms with Crippen molar-refractivity contribution in [3.8, 4) is 0 Å². The van der Waals surface area contributed by atoms with Crippen molar-refractivity contribution in [3.05, 3.63) is 132 Å². The Hall–Kier alpha value is -4.50. The normalized spacial score (nSPS) is 14.3. The highest BCUT2D eigenvalue weighted by Crippen LogP contribution is 2.26. The van der Waals surface area contributed by atoms with E-state index in [0.29, 0.717) is 5.69 Å². The van der Waals surface area contributed by atoms with Crippen molar-refractivity contribution in [2.75, 3.05) is 10.8 Å². The van der Waals surface area contributed by atoms with Crippen molar-refractivity contribution in [2.45, 2.75) is 69.0 Å². The lowest BCUT2D eigenvalue weighted by Crippen LogP contribution is -2.55. The van der Waals surface area contributed by atoms with Crippen LogP contribution in [0.4, 0.5) is 10.1 Å². The van der Waals surface area contributed by atoms with Gasteiger partial charge in [-0.2, -0.15) is 0 Å². The van der Waals surface area contributed by atoms with E-state index in [4.69, 9.17) is 0 Å².